The molecule has 0 saturated heterocycles. The molecule has 1 aromatic heterocycles. The van der Waals surface area contributed by atoms with Crippen LogP contribution in [0.4, 0.5) is 5.95 Å². The van der Waals surface area contributed by atoms with Crippen LogP contribution in [0.5, 0.6) is 11.5 Å². The fraction of sp³-hybridized carbons (Fsp3) is 0.0909. The van der Waals surface area contributed by atoms with Gasteiger partial charge in [0, 0.05) is 0 Å². The number of fused-ring (bicyclic) bond motifs is 1. The monoisotopic (exact) mass is 372 g/mol. The number of methoxy groups -OCH3 is 1. The van der Waals surface area contributed by atoms with Gasteiger partial charge in [0.2, 0.25) is 5.95 Å². The van der Waals surface area contributed by atoms with Gasteiger partial charge in [-0.2, -0.15) is 5.10 Å². The Bertz CT molecular complexity index is 1060. The van der Waals surface area contributed by atoms with Crippen LogP contribution < -0.4 is 14.9 Å². The first kappa shape index (κ1) is 17.6. The second kappa shape index (κ2) is 8.26. The Balaban J connectivity index is 1.42. The zero-order valence-electron chi connectivity index (χ0n) is 15.4. The quantitative estimate of drug-likeness (QED) is 0.367. The molecule has 4 rings (SSSR count). The highest BCUT2D eigenvalue weighted by atomic mass is 16.5. The number of rotatable bonds is 7. The van der Waals surface area contributed by atoms with E-state index >= 15 is 0 Å². The second-order valence-electron chi connectivity index (χ2n) is 6.16. The molecule has 0 aliphatic carbocycles. The number of H-pyrrole nitrogens is 1. The van der Waals surface area contributed by atoms with Gasteiger partial charge in [0.05, 0.1) is 24.4 Å². The third-order valence-electron chi connectivity index (χ3n) is 4.20. The molecule has 0 unspecified atom stereocenters. The lowest BCUT2D eigenvalue weighted by atomic mass is 10.2. The molecular weight excluding hydrogens is 352 g/mol. The lowest BCUT2D eigenvalue weighted by Gasteiger charge is -2.11. The Morgan fingerprint density at radius 1 is 1.00 bits per heavy atom. The van der Waals surface area contributed by atoms with E-state index in [9.17, 15) is 0 Å². The van der Waals surface area contributed by atoms with E-state index in [-0.39, 0.29) is 0 Å². The second-order valence-corrected chi connectivity index (χ2v) is 6.16. The number of anilines is 1. The van der Waals surface area contributed by atoms with E-state index in [4.69, 9.17) is 9.47 Å². The third-order valence-corrected chi connectivity index (χ3v) is 4.20. The molecule has 0 spiro atoms. The Morgan fingerprint density at radius 2 is 1.82 bits per heavy atom. The molecule has 1 heterocycles. The number of ether oxygens (including phenoxy) is 2. The van der Waals surface area contributed by atoms with E-state index < -0.39 is 0 Å². The number of nitrogens with one attached hydrogen (secondary N) is 2. The van der Waals surface area contributed by atoms with Crippen LogP contribution in [0.2, 0.25) is 0 Å². The van der Waals surface area contributed by atoms with Gasteiger partial charge >= 0.3 is 0 Å². The Labute approximate surface area is 162 Å². The van der Waals surface area contributed by atoms with Crippen molar-refractivity contribution < 1.29 is 9.47 Å². The zero-order chi connectivity index (χ0) is 19.2. The average molecular weight is 372 g/mol. The number of hydrogen-bond acceptors (Lipinski definition) is 5. The molecule has 4 aromatic rings. The van der Waals surface area contributed by atoms with E-state index in [1.807, 2.05) is 72.8 Å². The number of hydrazone groups is 1. The maximum absolute atomic E-state index is 5.88. The van der Waals surface area contributed by atoms with Crippen LogP contribution in [0.15, 0.2) is 77.9 Å². The first-order valence-corrected chi connectivity index (χ1v) is 8.90. The number of para-hydroxylation sites is 2. The molecule has 0 fully saturated rings. The molecule has 2 N–H and O–H groups in total. The van der Waals surface area contributed by atoms with Crippen molar-refractivity contribution in [3.05, 3.63) is 83.9 Å². The van der Waals surface area contributed by atoms with Crippen LogP contribution in [-0.2, 0) is 6.61 Å². The van der Waals surface area contributed by atoms with Gasteiger partial charge in [0.15, 0.2) is 11.5 Å². The first-order chi connectivity index (χ1) is 13.8. The van der Waals surface area contributed by atoms with Crippen LogP contribution in [0.25, 0.3) is 11.0 Å². The number of hydrogen-bond donors (Lipinski definition) is 2. The normalized spacial score (nSPS) is 11.0. The minimum absolute atomic E-state index is 0.484. The molecule has 140 valence electrons. The van der Waals surface area contributed by atoms with Crippen LogP contribution in [0.3, 0.4) is 0 Å². The van der Waals surface area contributed by atoms with Gasteiger partial charge in [-0.05, 0) is 41.5 Å². The highest BCUT2D eigenvalue weighted by Gasteiger charge is 2.06. The van der Waals surface area contributed by atoms with E-state index in [0.717, 1.165) is 22.2 Å². The summed E-state index contributed by atoms with van der Waals surface area (Å²) < 4.78 is 11.3. The molecule has 6 heteroatoms. The van der Waals surface area contributed by atoms with Gasteiger partial charge < -0.3 is 14.5 Å². The van der Waals surface area contributed by atoms with Crippen molar-refractivity contribution in [1.29, 1.82) is 0 Å². The third kappa shape index (κ3) is 4.12. The van der Waals surface area contributed by atoms with E-state index in [1.165, 1.54) is 0 Å². The Kier molecular flexibility index (Phi) is 5.20. The molecule has 6 nitrogen and oxygen atoms in total. The number of aromatic nitrogens is 2. The predicted molar refractivity (Wildman–Crippen MR) is 111 cm³/mol. The SMILES string of the molecule is COc1cc(/C=N\Nc2nc3ccccc3[nH]2)ccc1OCc1ccccc1. The molecule has 0 amide bonds. The van der Waals surface area contributed by atoms with Gasteiger partial charge in [0.1, 0.15) is 6.61 Å². The summed E-state index contributed by atoms with van der Waals surface area (Å²) in [6, 6.07) is 23.5. The fourth-order valence-corrected chi connectivity index (χ4v) is 2.79. The predicted octanol–water partition coefficient (Wildman–Crippen LogP) is 4.60. The topological polar surface area (TPSA) is 71.5 Å². The summed E-state index contributed by atoms with van der Waals surface area (Å²) in [5, 5.41) is 4.24. The van der Waals surface area contributed by atoms with Crippen molar-refractivity contribution in [2.75, 3.05) is 12.5 Å². The first-order valence-electron chi connectivity index (χ1n) is 8.90. The van der Waals surface area contributed by atoms with Gasteiger partial charge in [-0.25, -0.2) is 10.4 Å². The maximum atomic E-state index is 5.88. The van der Waals surface area contributed by atoms with Crippen LogP contribution >= 0.6 is 0 Å². The van der Waals surface area contributed by atoms with E-state index in [0.29, 0.717) is 24.1 Å². The van der Waals surface area contributed by atoms with Crippen molar-refractivity contribution in [3.63, 3.8) is 0 Å². The summed E-state index contributed by atoms with van der Waals surface area (Å²) in [6.45, 7) is 0.484. The Hall–Kier alpha value is -3.80. The molecule has 0 aliphatic rings. The van der Waals surface area contributed by atoms with Crippen LogP contribution in [-0.4, -0.2) is 23.3 Å². The highest BCUT2D eigenvalue weighted by Crippen LogP contribution is 2.28. The number of aromatic amines is 1. The van der Waals surface area contributed by atoms with E-state index in [1.54, 1.807) is 13.3 Å². The molecule has 0 radical (unpaired) electrons. The van der Waals surface area contributed by atoms with E-state index in [2.05, 4.69) is 20.5 Å². The number of benzene rings is 3. The highest BCUT2D eigenvalue weighted by molar-refractivity contribution is 5.82. The van der Waals surface area contributed by atoms with Crippen LogP contribution in [0, 0.1) is 0 Å². The summed E-state index contributed by atoms with van der Waals surface area (Å²) in [5.41, 5.74) is 6.75. The van der Waals surface area contributed by atoms with Crippen molar-refractivity contribution in [2.45, 2.75) is 6.61 Å². The zero-order valence-corrected chi connectivity index (χ0v) is 15.4. The average Bonchev–Trinajstić information content (AvgIpc) is 3.16. The molecule has 0 saturated carbocycles. The molecule has 0 aliphatic heterocycles. The minimum Gasteiger partial charge on any atom is -0.493 e. The molecule has 0 bridgehead atoms. The lowest BCUT2D eigenvalue weighted by molar-refractivity contribution is 0.284. The summed E-state index contributed by atoms with van der Waals surface area (Å²) in [6.07, 6.45) is 1.71. The van der Waals surface area contributed by atoms with Crippen molar-refractivity contribution >= 4 is 23.2 Å². The number of nitrogens with zero attached hydrogens (tertiary/aromatic N) is 2. The van der Waals surface area contributed by atoms with Crippen molar-refractivity contribution in [1.82, 2.24) is 9.97 Å². The summed E-state index contributed by atoms with van der Waals surface area (Å²) in [5.74, 6) is 1.93. The van der Waals surface area contributed by atoms with Crippen molar-refractivity contribution in [3.8, 4) is 11.5 Å². The summed E-state index contributed by atoms with van der Waals surface area (Å²) in [4.78, 5) is 7.58. The smallest absolute Gasteiger partial charge is 0.222 e. The summed E-state index contributed by atoms with van der Waals surface area (Å²) >= 11 is 0. The minimum atomic E-state index is 0.484. The molecule has 0 atom stereocenters. The van der Waals surface area contributed by atoms with Gasteiger partial charge in [0.25, 0.3) is 0 Å². The van der Waals surface area contributed by atoms with Crippen LogP contribution in [0.1, 0.15) is 11.1 Å². The summed E-state index contributed by atoms with van der Waals surface area (Å²) in [7, 11) is 1.62. The Morgan fingerprint density at radius 3 is 2.64 bits per heavy atom. The van der Waals surface area contributed by atoms with Gasteiger partial charge in [-0.3, -0.25) is 0 Å². The van der Waals surface area contributed by atoms with Crippen molar-refractivity contribution in [2.24, 2.45) is 5.10 Å². The molecular formula is C22H20N4O2. The largest absolute Gasteiger partial charge is 0.493 e. The fourth-order valence-electron chi connectivity index (χ4n) is 2.79. The molecule has 3 aromatic carbocycles. The van der Waals surface area contributed by atoms with Gasteiger partial charge in [-0.15, -0.1) is 0 Å². The number of imidazole rings is 1. The van der Waals surface area contributed by atoms with Gasteiger partial charge in [-0.1, -0.05) is 42.5 Å². The standard InChI is InChI=1S/C22H20N4O2/c1-27-21-13-17(11-12-20(21)28-15-16-7-3-2-4-8-16)14-23-26-22-24-18-9-5-6-10-19(18)25-22/h2-14H,15H2,1H3,(H2,24,25,26)/b23-14-. The molecule has 28 heavy (non-hydrogen) atoms. The maximum Gasteiger partial charge on any atom is 0.222 e. The lowest BCUT2D eigenvalue weighted by Crippen LogP contribution is -1.98.